The van der Waals surface area contributed by atoms with E-state index in [4.69, 9.17) is 4.74 Å². The Morgan fingerprint density at radius 1 is 1.34 bits per heavy atom. The maximum atomic E-state index is 13.3. The van der Waals surface area contributed by atoms with E-state index in [2.05, 4.69) is 23.3 Å². The Kier molecular flexibility index (Phi) is 5.71. The first-order valence-corrected chi connectivity index (χ1v) is 12.5. The van der Waals surface area contributed by atoms with Crippen LogP contribution in [0.1, 0.15) is 65.9 Å². The molecule has 4 rings (SSSR count). The molecule has 2 heterocycles. The van der Waals surface area contributed by atoms with Crippen LogP contribution in [0.2, 0.25) is 0 Å². The predicted octanol–water partition coefficient (Wildman–Crippen LogP) is 2.69. The minimum Gasteiger partial charge on any atom is -0.473 e. The number of aryl methyl sites for hydroxylation is 1. The fourth-order valence-electron chi connectivity index (χ4n) is 4.43. The third-order valence-electron chi connectivity index (χ3n) is 6.18. The second kappa shape index (κ2) is 8.11. The fourth-order valence-corrected chi connectivity index (χ4v) is 5.25. The second-order valence-electron chi connectivity index (χ2n) is 8.55. The van der Waals surface area contributed by atoms with Gasteiger partial charge in [-0.1, -0.05) is 12.1 Å². The molecule has 1 saturated carbocycles. The molecule has 1 aliphatic carbocycles. The van der Waals surface area contributed by atoms with Crippen molar-refractivity contribution in [1.29, 1.82) is 0 Å². The third-order valence-corrected chi connectivity index (χ3v) is 7.47. The summed E-state index contributed by atoms with van der Waals surface area (Å²) >= 11 is 0. The van der Waals surface area contributed by atoms with Crippen LogP contribution in [0.25, 0.3) is 0 Å². The molecule has 0 spiro atoms. The van der Waals surface area contributed by atoms with E-state index >= 15 is 0 Å². The molecule has 3 aliphatic rings. The van der Waals surface area contributed by atoms with Crippen molar-refractivity contribution >= 4 is 15.7 Å². The SMILES string of the molecule is C=CCC(NC(=O)c1cc(C2CC2)cc2c1OC(S(C)(=O)=O)CC2)C1CCCN1. The van der Waals surface area contributed by atoms with Gasteiger partial charge in [0.15, 0.2) is 15.3 Å². The summed E-state index contributed by atoms with van der Waals surface area (Å²) < 4.78 is 30.0. The molecule has 7 heteroatoms. The van der Waals surface area contributed by atoms with Gasteiger partial charge in [-0.15, -0.1) is 6.58 Å². The van der Waals surface area contributed by atoms with Crippen molar-refractivity contribution in [2.75, 3.05) is 12.8 Å². The first kappa shape index (κ1) is 20.4. The van der Waals surface area contributed by atoms with E-state index in [0.29, 0.717) is 36.5 Å². The van der Waals surface area contributed by atoms with Gasteiger partial charge in [-0.05, 0) is 68.2 Å². The molecule has 1 aromatic carbocycles. The second-order valence-corrected chi connectivity index (χ2v) is 10.7. The van der Waals surface area contributed by atoms with Gasteiger partial charge in [0.25, 0.3) is 5.91 Å². The van der Waals surface area contributed by atoms with Crippen molar-refractivity contribution in [3.05, 3.63) is 41.5 Å². The number of carbonyl (C=O) groups is 1. The molecule has 3 atom stereocenters. The summed E-state index contributed by atoms with van der Waals surface area (Å²) in [5, 5.41) is 6.62. The van der Waals surface area contributed by atoms with E-state index in [0.717, 1.165) is 43.4 Å². The van der Waals surface area contributed by atoms with Gasteiger partial charge in [0, 0.05) is 24.8 Å². The van der Waals surface area contributed by atoms with Crippen molar-refractivity contribution in [2.24, 2.45) is 0 Å². The number of ether oxygens (including phenoxy) is 1. The summed E-state index contributed by atoms with van der Waals surface area (Å²) in [5.41, 5.74) is 1.67. The van der Waals surface area contributed by atoms with Gasteiger partial charge in [0.1, 0.15) is 5.75 Å². The fraction of sp³-hybridized carbons (Fsp3) is 0.591. The molecule has 29 heavy (non-hydrogen) atoms. The van der Waals surface area contributed by atoms with E-state index in [-0.39, 0.29) is 18.0 Å². The van der Waals surface area contributed by atoms with E-state index in [1.807, 2.05) is 12.1 Å². The van der Waals surface area contributed by atoms with E-state index < -0.39 is 15.3 Å². The highest BCUT2D eigenvalue weighted by atomic mass is 32.2. The van der Waals surface area contributed by atoms with Crippen LogP contribution in [0.5, 0.6) is 5.75 Å². The minimum atomic E-state index is -3.35. The molecule has 0 radical (unpaired) electrons. The molecule has 1 saturated heterocycles. The molecule has 3 unspecified atom stereocenters. The molecule has 0 bridgehead atoms. The topological polar surface area (TPSA) is 84.5 Å². The standard InChI is InChI=1S/C22H30N2O4S/c1-3-5-19(18-6-4-11-23-18)24-22(25)17-13-16(14-7-8-14)12-15-9-10-20(28-21(15)17)29(2,26)27/h3,12-14,18-20,23H,1,4-11H2,2H3,(H,24,25). The minimum absolute atomic E-state index is 0.0444. The number of hydrogen-bond acceptors (Lipinski definition) is 5. The lowest BCUT2D eigenvalue weighted by Crippen LogP contribution is -2.47. The molecule has 1 aromatic rings. The van der Waals surface area contributed by atoms with Crippen LogP contribution in [-0.2, 0) is 16.3 Å². The molecule has 6 nitrogen and oxygen atoms in total. The van der Waals surface area contributed by atoms with Crippen LogP contribution in [0, 0.1) is 0 Å². The van der Waals surface area contributed by atoms with Crippen molar-refractivity contribution in [3.63, 3.8) is 0 Å². The number of benzene rings is 1. The third kappa shape index (κ3) is 4.51. The van der Waals surface area contributed by atoms with Crippen LogP contribution in [0.4, 0.5) is 0 Å². The predicted molar refractivity (Wildman–Crippen MR) is 113 cm³/mol. The monoisotopic (exact) mass is 418 g/mol. The maximum Gasteiger partial charge on any atom is 0.255 e. The van der Waals surface area contributed by atoms with E-state index in [1.54, 1.807) is 0 Å². The van der Waals surface area contributed by atoms with Crippen LogP contribution in [0.15, 0.2) is 24.8 Å². The highest BCUT2D eigenvalue weighted by molar-refractivity contribution is 7.91. The molecule has 158 valence electrons. The van der Waals surface area contributed by atoms with Crippen molar-refractivity contribution < 1.29 is 17.9 Å². The summed E-state index contributed by atoms with van der Waals surface area (Å²) in [4.78, 5) is 13.3. The molecule has 0 aromatic heterocycles. The summed E-state index contributed by atoms with van der Waals surface area (Å²) in [6.07, 6.45) is 9.12. The Morgan fingerprint density at radius 3 is 2.76 bits per heavy atom. The van der Waals surface area contributed by atoms with Crippen LogP contribution >= 0.6 is 0 Å². The number of carbonyl (C=O) groups excluding carboxylic acids is 1. The molecule has 2 N–H and O–H groups in total. The zero-order valence-corrected chi connectivity index (χ0v) is 17.8. The molecular weight excluding hydrogens is 388 g/mol. The summed E-state index contributed by atoms with van der Waals surface area (Å²) in [5.74, 6) is 0.740. The quantitative estimate of drug-likeness (QED) is 0.665. The zero-order valence-electron chi connectivity index (χ0n) is 16.9. The summed E-state index contributed by atoms with van der Waals surface area (Å²) in [6, 6.07) is 4.19. The van der Waals surface area contributed by atoms with Crippen LogP contribution in [0.3, 0.4) is 0 Å². The Bertz CT molecular complexity index is 902. The zero-order chi connectivity index (χ0) is 20.6. The lowest BCUT2D eigenvalue weighted by molar-refractivity contribution is 0.0922. The van der Waals surface area contributed by atoms with Crippen LogP contribution < -0.4 is 15.4 Å². The van der Waals surface area contributed by atoms with Gasteiger partial charge in [-0.25, -0.2) is 8.42 Å². The first-order valence-electron chi connectivity index (χ1n) is 10.5. The number of fused-ring (bicyclic) bond motifs is 1. The highest BCUT2D eigenvalue weighted by Gasteiger charge is 2.34. The average Bonchev–Trinajstić information content (AvgIpc) is 3.39. The first-order chi connectivity index (χ1) is 13.9. The largest absolute Gasteiger partial charge is 0.473 e. The lowest BCUT2D eigenvalue weighted by Gasteiger charge is -2.29. The van der Waals surface area contributed by atoms with Crippen LogP contribution in [-0.4, -0.2) is 44.6 Å². The van der Waals surface area contributed by atoms with Crippen molar-refractivity contribution in [3.8, 4) is 5.75 Å². The molecule has 2 aliphatic heterocycles. The van der Waals surface area contributed by atoms with E-state index in [1.165, 1.54) is 6.26 Å². The Hall–Kier alpha value is -1.86. The average molecular weight is 419 g/mol. The van der Waals surface area contributed by atoms with Gasteiger partial charge >= 0.3 is 0 Å². The maximum absolute atomic E-state index is 13.3. The number of nitrogens with one attached hydrogen (secondary N) is 2. The van der Waals surface area contributed by atoms with Crippen molar-refractivity contribution in [1.82, 2.24) is 10.6 Å². The number of sulfone groups is 1. The van der Waals surface area contributed by atoms with Gasteiger partial charge in [-0.3, -0.25) is 4.79 Å². The van der Waals surface area contributed by atoms with Gasteiger partial charge in [-0.2, -0.15) is 0 Å². The van der Waals surface area contributed by atoms with Gasteiger partial charge in [0.2, 0.25) is 0 Å². The number of amides is 1. The molecule has 2 fully saturated rings. The molecule has 1 amide bonds. The van der Waals surface area contributed by atoms with Gasteiger partial charge in [0.05, 0.1) is 5.56 Å². The van der Waals surface area contributed by atoms with Crippen molar-refractivity contribution in [2.45, 2.75) is 68.4 Å². The Labute approximate surface area is 173 Å². The smallest absolute Gasteiger partial charge is 0.255 e. The highest BCUT2D eigenvalue weighted by Crippen LogP contribution is 2.44. The normalized spacial score (nSPS) is 25.0. The molecular formula is C22H30N2O4S. The summed E-state index contributed by atoms with van der Waals surface area (Å²) in [6.45, 7) is 4.79. The van der Waals surface area contributed by atoms with Gasteiger partial charge < -0.3 is 15.4 Å². The summed E-state index contributed by atoms with van der Waals surface area (Å²) in [7, 11) is -3.35. The van der Waals surface area contributed by atoms with E-state index in [9.17, 15) is 13.2 Å². The lowest BCUT2D eigenvalue weighted by atomic mass is 9.95. The number of hydrogen-bond donors (Lipinski definition) is 2. The Morgan fingerprint density at radius 2 is 2.14 bits per heavy atom. The Balaban J connectivity index is 1.64. The number of rotatable bonds is 7.